The lowest BCUT2D eigenvalue weighted by molar-refractivity contribution is 0.271. The summed E-state index contributed by atoms with van der Waals surface area (Å²) in [6, 6.07) is 3.44. The second kappa shape index (κ2) is 6.47. The maximum Gasteiger partial charge on any atom is 0.245 e. The van der Waals surface area contributed by atoms with Crippen LogP contribution in [0, 0.1) is 5.82 Å². The SMILES string of the molecule is CCN(CCCO)S(=O)(=O)c1ccc(Cl)cc1F. The highest BCUT2D eigenvalue weighted by Crippen LogP contribution is 2.22. The lowest BCUT2D eigenvalue weighted by Gasteiger charge is -2.20. The largest absolute Gasteiger partial charge is 0.396 e. The van der Waals surface area contributed by atoms with E-state index in [1.54, 1.807) is 6.92 Å². The van der Waals surface area contributed by atoms with Gasteiger partial charge in [-0.05, 0) is 24.6 Å². The van der Waals surface area contributed by atoms with Gasteiger partial charge in [0, 0.05) is 24.7 Å². The normalized spacial score (nSPS) is 12.1. The van der Waals surface area contributed by atoms with Gasteiger partial charge >= 0.3 is 0 Å². The molecule has 0 aromatic heterocycles. The van der Waals surface area contributed by atoms with Gasteiger partial charge in [0.1, 0.15) is 10.7 Å². The third-order valence-corrected chi connectivity index (χ3v) is 4.67. The van der Waals surface area contributed by atoms with E-state index in [1.165, 1.54) is 6.07 Å². The Morgan fingerprint density at radius 1 is 1.44 bits per heavy atom. The summed E-state index contributed by atoms with van der Waals surface area (Å²) in [5.41, 5.74) is 0. The summed E-state index contributed by atoms with van der Waals surface area (Å²) in [5, 5.41) is 8.87. The van der Waals surface area contributed by atoms with Crippen LogP contribution < -0.4 is 0 Å². The van der Waals surface area contributed by atoms with Crippen molar-refractivity contribution < 1.29 is 17.9 Å². The highest BCUT2D eigenvalue weighted by molar-refractivity contribution is 7.89. The molecule has 0 saturated carbocycles. The third-order valence-electron chi connectivity index (χ3n) is 2.43. The molecule has 0 bridgehead atoms. The topological polar surface area (TPSA) is 57.6 Å². The number of aliphatic hydroxyl groups excluding tert-OH is 1. The smallest absolute Gasteiger partial charge is 0.245 e. The highest BCUT2D eigenvalue weighted by atomic mass is 35.5. The number of halogens is 2. The minimum atomic E-state index is -3.88. The number of hydrogen-bond acceptors (Lipinski definition) is 3. The number of hydrogen-bond donors (Lipinski definition) is 1. The second-order valence-corrected chi connectivity index (χ2v) is 5.99. The zero-order valence-corrected chi connectivity index (χ0v) is 11.5. The molecular formula is C11H15ClFNO3S. The number of rotatable bonds is 6. The zero-order valence-electron chi connectivity index (χ0n) is 9.94. The van der Waals surface area contributed by atoms with Crippen LogP contribution in [0.2, 0.25) is 5.02 Å². The van der Waals surface area contributed by atoms with Gasteiger partial charge in [-0.15, -0.1) is 0 Å². The summed E-state index contributed by atoms with van der Waals surface area (Å²) >= 11 is 5.58. The summed E-state index contributed by atoms with van der Waals surface area (Å²) in [7, 11) is -3.88. The summed E-state index contributed by atoms with van der Waals surface area (Å²) in [5.74, 6) is -0.870. The Labute approximate surface area is 111 Å². The molecule has 0 heterocycles. The van der Waals surface area contributed by atoms with Gasteiger partial charge in [0.15, 0.2) is 0 Å². The molecule has 0 atom stereocenters. The lowest BCUT2D eigenvalue weighted by Crippen LogP contribution is -2.32. The van der Waals surface area contributed by atoms with E-state index in [9.17, 15) is 12.8 Å². The minimum Gasteiger partial charge on any atom is -0.396 e. The zero-order chi connectivity index (χ0) is 13.8. The first kappa shape index (κ1) is 15.4. The van der Waals surface area contributed by atoms with Gasteiger partial charge in [-0.2, -0.15) is 4.31 Å². The van der Waals surface area contributed by atoms with Crippen LogP contribution in [0.5, 0.6) is 0 Å². The van der Waals surface area contributed by atoms with Gasteiger partial charge in [-0.3, -0.25) is 0 Å². The molecule has 1 aromatic carbocycles. The molecule has 4 nitrogen and oxygen atoms in total. The van der Waals surface area contributed by atoms with Gasteiger partial charge in [-0.25, -0.2) is 12.8 Å². The predicted octanol–water partition coefficient (Wildman–Crippen LogP) is 1.87. The number of nitrogens with zero attached hydrogens (tertiary/aromatic N) is 1. The standard InChI is InChI=1S/C11H15ClFNO3S/c1-2-14(6-3-7-15)18(16,17)11-5-4-9(12)8-10(11)13/h4-5,8,15H,2-3,6-7H2,1H3. The van der Waals surface area contributed by atoms with Crippen LogP contribution in [-0.4, -0.2) is 37.5 Å². The molecule has 0 aliphatic heterocycles. The van der Waals surface area contributed by atoms with E-state index < -0.39 is 20.7 Å². The van der Waals surface area contributed by atoms with Crippen LogP contribution >= 0.6 is 11.6 Å². The van der Waals surface area contributed by atoms with Crippen LogP contribution in [0.15, 0.2) is 23.1 Å². The highest BCUT2D eigenvalue weighted by Gasteiger charge is 2.25. The van der Waals surface area contributed by atoms with Gasteiger partial charge in [-0.1, -0.05) is 18.5 Å². The summed E-state index contributed by atoms with van der Waals surface area (Å²) < 4.78 is 39.1. The Hall–Kier alpha value is -0.690. The molecule has 0 unspecified atom stereocenters. The fourth-order valence-corrected chi connectivity index (χ4v) is 3.21. The minimum absolute atomic E-state index is 0.116. The van der Waals surface area contributed by atoms with Crippen LogP contribution in [-0.2, 0) is 10.0 Å². The summed E-state index contributed by atoms with van der Waals surface area (Å²) in [6.07, 6.45) is 0.308. The molecule has 1 rings (SSSR count). The summed E-state index contributed by atoms with van der Waals surface area (Å²) in [6.45, 7) is 1.90. The molecule has 0 radical (unpaired) electrons. The number of aliphatic hydroxyl groups is 1. The molecule has 7 heteroatoms. The van der Waals surface area contributed by atoms with Crippen LogP contribution in [0.4, 0.5) is 4.39 Å². The van der Waals surface area contributed by atoms with Gasteiger partial charge in [0.2, 0.25) is 10.0 Å². The van der Waals surface area contributed by atoms with E-state index in [0.717, 1.165) is 16.4 Å². The van der Waals surface area contributed by atoms with Gasteiger partial charge in [0.05, 0.1) is 0 Å². The Morgan fingerprint density at radius 2 is 2.11 bits per heavy atom. The maximum atomic E-state index is 13.6. The van der Waals surface area contributed by atoms with E-state index in [0.29, 0.717) is 6.42 Å². The predicted molar refractivity (Wildman–Crippen MR) is 67.5 cm³/mol. The molecule has 0 fully saturated rings. The molecule has 1 aromatic rings. The van der Waals surface area contributed by atoms with Crippen molar-refractivity contribution in [3.05, 3.63) is 29.0 Å². The molecule has 102 valence electrons. The van der Waals surface area contributed by atoms with E-state index in [-0.39, 0.29) is 24.7 Å². The molecule has 0 aliphatic rings. The van der Waals surface area contributed by atoms with Crippen molar-refractivity contribution in [2.45, 2.75) is 18.2 Å². The van der Waals surface area contributed by atoms with Crippen molar-refractivity contribution in [2.24, 2.45) is 0 Å². The molecule has 1 N–H and O–H groups in total. The fourth-order valence-electron chi connectivity index (χ4n) is 1.52. The maximum absolute atomic E-state index is 13.6. The molecule has 0 amide bonds. The van der Waals surface area contributed by atoms with E-state index in [1.807, 2.05) is 0 Å². The third kappa shape index (κ3) is 3.41. The van der Waals surface area contributed by atoms with E-state index >= 15 is 0 Å². The van der Waals surface area contributed by atoms with Crippen LogP contribution in [0.1, 0.15) is 13.3 Å². The fraction of sp³-hybridized carbons (Fsp3) is 0.455. The first-order chi connectivity index (χ1) is 8.43. The van der Waals surface area contributed by atoms with Crippen molar-refractivity contribution in [1.82, 2.24) is 4.31 Å². The Kier molecular flexibility index (Phi) is 5.52. The number of sulfonamides is 1. The lowest BCUT2D eigenvalue weighted by atomic mass is 10.3. The molecule has 18 heavy (non-hydrogen) atoms. The monoisotopic (exact) mass is 295 g/mol. The average molecular weight is 296 g/mol. The quantitative estimate of drug-likeness (QED) is 0.872. The van der Waals surface area contributed by atoms with Gasteiger partial charge in [0.25, 0.3) is 0 Å². The van der Waals surface area contributed by atoms with Crippen molar-refractivity contribution in [3.63, 3.8) is 0 Å². The average Bonchev–Trinajstić information content (AvgIpc) is 2.29. The van der Waals surface area contributed by atoms with Crippen molar-refractivity contribution in [3.8, 4) is 0 Å². The molecular weight excluding hydrogens is 281 g/mol. The molecule has 0 aliphatic carbocycles. The van der Waals surface area contributed by atoms with Crippen molar-refractivity contribution >= 4 is 21.6 Å². The first-order valence-electron chi connectivity index (χ1n) is 5.49. The Balaban J connectivity index is 3.10. The number of benzene rings is 1. The van der Waals surface area contributed by atoms with E-state index in [2.05, 4.69) is 0 Å². The van der Waals surface area contributed by atoms with Crippen LogP contribution in [0.25, 0.3) is 0 Å². The second-order valence-electron chi connectivity index (χ2n) is 3.65. The Bertz CT molecular complexity index is 507. The van der Waals surface area contributed by atoms with Crippen molar-refractivity contribution in [1.29, 1.82) is 0 Å². The molecule has 0 saturated heterocycles. The Morgan fingerprint density at radius 3 is 2.61 bits per heavy atom. The molecule has 0 spiro atoms. The van der Waals surface area contributed by atoms with E-state index in [4.69, 9.17) is 16.7 Å². The van der Waals surface area contributed by atoms with Crippen LogP contribution in [0.3, 0.4) is 0 Å². The van der Waals surface area contributed by atoms with Gasteiger partial charge < -0.3 is 5.11 Å². The van der Waals surface area contributed by atoms with Crippen molar-refractivity contribution in [2.75, 3.05) is 19.7 Å². The summed E-state index contributed by atoms with van der Waals surface area (Å²) in [4.78, 5) is -0.397. The first-order valence-corrected chi connectivity index (χ1v) is 7.31.